The second-order valence-corrected chi connectivity index (χ2v) is 5.03. The lowest BCUT2D eigenvalue weighted by atomic mass is 10.1. The van der Waals surface area contributed by atoms with Gasteiger partial charge < -0.3 is 10.6 Å². The summed E-state index contributed by atoms with van der Waals surface area (Å²) in [7, 11) is 0. The molecule has 1 heterocycles. The summed E-state index contributed by atoms with van der Waals surface area (Å²) in [6.45, 7) is 11.0. The van der Waals surface area contributed by atoms with Crippen molar-refractivity contribution in [2.24, 2.45) is 22.6 Å². The molecular weight excluding hydrogens is 186 g/mol. The molecule has 15 heavy (non-hydrogen) atoms. The van der Waals surface area contributed by atoms with Gasteiger partial charge in [-0.1, -0.05) is 20.8 Å². The summed E-state index contributed by atoms with van der Waals surface area (Å²) in [4.78, 5) is 6.97. The van der Waals surface area contributed by atoms with Crippen molar-refractivity contribution in [1.82, 2.24) is 4.90 Å². The van der Waals surface area contributed by atoms with Crippen molar-refractivity contribution in [2.75, 3.05) is 26.2 Å². The molecule has 0 amide bonds. The van der Waals surface area contributed by atoms with Crippen molar-refractivity contribution >= 4 is 5.84 Å². The van der Waals surface area contributed by atoms with Gasteiger partial charge >= 0.3 is 0 Å². The van der Waals surface area contributed by atoms with Crippen LogP contribution >= 0.6 is 0 Å². The Bertz CT molecular complexity index is 205. The Balaban J connectivity index is 2.23. The van der Waals surface area contributed by atoms with E-state index >= 15 is 0 Å². The van der Waals surface area contributed by atoms with Gasteiger partial charge in [-0.05, 0) is 31.8 Å². The van der Waals surface area contributed by atoms with Gasteiger partial charge in [-0.15, -0.1) is 0 Å². The van der Waals surface area contributed by atoms with Crippen LogP contribution in [0.4, 0.5) is 0 Å². The van der Waals surface area contributed by atoms with Crippen molar-refractivity contribution < 1.29 is 0 Å². The van der Waals surface area contributed by atoms with Crippen molar-refractivity contribution in [1.29, 1.82) is 0 Å². The number of hydrogen-bond acceptors (Lipinski definition) is 2. The van der Waals surface area contributed by atoms with Gasteiger partial charge in [0.05, 0.1) is 5.84 Å². The standard InChI is InChI=1S/C12H25N3/c1-10(2)12(13)14-8-11(3)9-15-6-4-5-7-15/h10-11H,4-9H2,1-3H3,(H2,13,14). The molecule has 88 valence electrons. The van der Waals surface area contributed by atoms with Gasteiger partial charge in [0.2, 0.25) is 0 Å². The molecule has 1 saturated heterocycles. The highest BCUT2D eigenvalue weighted by molar-refractivity contribution is 5.82. The average molecular weight is 211 g/mol. The van der Waals surface area contributed by atoms with E-state index in [9.17, 15) is 0 Å². The lowest BCUT2D eigenvalue weighted by Gasteiger charge is -2.19. The number of likely N-dealkylation sites (tertiary alicyclic amines) is 1. The second kappa shape index (κ2) is 6.11. The van der Waals surface area contributed by atoms with Crippen molar-refractivity contribution in [3.8, 4) is 0 Å². The van der Waals surface area contributed by atoms with Crippen LogP contribution in [0, 0.1) is 11.8 Å². The van der Waals surface area contributed by atoms with Gasteiger partial charge in [-0.3, -0.25) is 4.99 Å². The minimum Gasteiger partial charge on any atom is -0.387 e. The topological polar surface area (TPSA) is 41.6 Å². The summed E-state index contributed by atoms with van der Waals surface area (Å²) in [5, 5.41) is 0. The summed E-state index contributed by atoms with van der Waals surface area (Å²) in [5.41, 5.74) is 5.81. The molecule has 0 saturated carbocycles. The first-order valence-electron chi connectivity index (χ1n) is 6.11. The van der Waals surface area contributed by atoms with Gasteiger partial charge in [0, 0.05) is 19.0 Å². The van der Waals surface area contributed by atoms with E-state index in [2.05, 4.69) is 30.7 Å². The van der Waals surface area contributed by atoms with Gasteiger partial charge in [0.1, 0.15) is 0 Å². The van der Waals surface area contributed by atoms with E-state index in [0.29, 0.717) is 11.8 Å². The molecular formula is C12H25N3. The molecule has 0 bridgehead atoms. The molecule has 0 aromatic carbocycles. The number of hydrogen-bond donors (Lipinski definition) is 1. The van der Waals surface area contributed by atoms with Crippen molar-refractivity contribution in [3.63, 3.8) is 0 Å². The zero-order valence-corrected chi connectivity index (χ0v) is 10.4. The first-order valence-corrected chi connectivity index (χ1v) is 6.11. The fourth-order valence-electron chi connectivity index (χ4n) is 1.91. The molecule has 3 heteroatoms. The molecule has 1 atom stereocenters. The Morgan fingerprint density at radius 3 is 2.40 bits per heavy atom. The minimum atomic E-state index is 0.379. The van der Waals surface area contributed by atoms with E-state index in [0.717, 1.165) is 12.4 Å². The maximum Gasteiger partial charge on any atom is 0.0962 e. The van der Waals surface area contributed by atoms with Gasteiger partial charge in [0.15, 0.2) is 0 Å². The molecule has 0 aromatic rings. The smallest absolute Gasteiger partial charge is 0.0962 e. The van der Waals surface area contributed by atoms with Crippen LogP contribution in [-0.4, -0.2) is 36.9 Å². The SMILES string of the molecule is CC(CN=C(N)C(C)C)CN1CCCC1. The van der Waals surface area contributed by atoms with Crippen LogP contribution in [0.15, 0.2) is 4.99 Å². The first-order chi connectivity index (χ1) is 7.09. The first kappa shape index (κ1) is 12.5. The Hall–Kier alpha value is -0.570. The molecule has 1 fully saturated rings. The Kier molecular flexibility index (Phi) is 5.09. The summed E-state index contributed by atoms with van der Waals surface area (Å²) in [5.74, 6) is 1.80. The van der Waals surface area contributed by atoms with Crippen LogP contribution in [0.25, 0.3) is 0 Å². The normalized spacial score (nSPS) is 21.2. The minimum absolute atomic E-state index is 0.379. The van der Waals surface area contributed by atoms with E-state index in [1.54, 1.807) is 0 Å². The second-order valence-electron chi connectivity index (χ2n) is 5.03. The van der Waals surface area contributed by atoms with Crippen LogP contribution in [0.2, 0.25) is 0 Å². The average Bonchev–Trinajstić information content (AvgIpc) is 2.66. The van der Waals surface area contributed by atoms with Crippen LogP contribution in [0.1, 0.15) is 33.6 Å². The third kappa shape index (κ3) is 4.65. The van der Waals surface area contributed by atoms with Crippen LogP contribution < -0.4 is 5.73 Å². The summed E-state index contributed by atoms with van der Waals surface area (Å²) in [6, 6.07) is 0. The lowest BCUT2D eigenvalue weighted by Crippen LogP contribution is -2.27. The van der Waals surface area contributed by atoms with E-state index in [-0.39, 0.29) is 0 Å². The molecule has 3 nitrogen and oxygen atoms in total. The van der Waals surface area contributed by atoms with E-state index in [4.69, 9.17) is 5.73 Å². The maximum atomic E-state index is 5.81. The van der Waals surface area contributed by atoms with Gasteiger partial charge in [-0.25, -0.2) is 0 Å². The third-order valence-corrected chi connectivity index (χ3v) is 2.95. The fraction of sp³-hybridized carbons (Fsp3) is 0.917. The Morgan fingerprint density at radius 2 is 1.87 bits per heavy atom. The van der Waals surface area contributed by atoms with Gasteiger partial charge in [0.25, 0.3) is 0 Å². The zero-order valence-electron chi connectivity index (χ0n) is 10.4. The highest BCUT2D eigenvalue weighted by Crippen LogP contribution is 2.10. The highest BCUT2D eigenvalue weighted by Gasteiger charge is 2.14. The third-order valence-electron chi connectivity index (χ3n) is 2.95. The van der Waals surface area contributed by atoms with Crippen LogP contribution in [0.3, 0.4) is 0 Å². The molecule has 1 aliphatic heterocycles. The van der Waals surface area contributed by atoms with Crippen molar-refractivity contribution in [2.45, 2.75) is 33.6 Å². The van der Waals surface area contributed by atoms with Crippen molar-refractivity contribution in [3.05, 3.63) is 0 Å². The van der Waals surface area contributed by atoms with E-state index in [1.807, 2.05) is 0 Å². The number of nitrogens with two attached hydrogens (primary N) is 1. The van der Waals surface area contributed by atoms with Crippen LogP contribution in [0.5, 0.6) is 0 Å². The number of nitrogens with zero attached hydrogens (tertiary/aromatic N) is 2. The molecule has 1 rings (SSSR count). The monoisotopic (exact) mass is 211 g/mol. The fourth-order valence-corrected chi connectivity index (χ4v) is 1.91. The quantitative estimate of drug-likeness (QED) is 0.556. The Morgan fingerprint density at radius 1 is 1.27 bits per heavy atom. The molecule has 1 aliphatic rings. The molecule has 0 radical (unpaired) electrons. The summed E-state index contributed by atoms with van der Waals surface area (Å²) >= 11 is 0. The van der Waals surface area contributed by atoms with Crippen LogP contribution in [-0.2, 0) is 0 Å². The summed E-state index contributed by atoms with van der Waals surface area (Å²) < 4.78 is 0. The molecule has 1 unspecified atom stereocenters. The Labute approximate surface area is 93.7 Å². The maximum absolute atomic E-state index is 5.81. The number of amidine groups is 1. The highest BCUT2D eigenvalue weighted by atomic mass is 15.1. The molecule has 2 N–H and O–H groups in total. The molecule has 0 spiro atoms. The zero-order chi connectivity index (χ0) is 11.3. The van der Waals surface area contributed by atoms with E-state index in [1.165, 1.54) is 32.5 Å². The van der Waals surface area contributed by atoms with E-state index < -0.39 is 0 Å². The predicted molar refractivity (Wildman–Crippen MR) is 66.2 cm³/mol. The number of rotatable bonds is 5. The van der Waals surface area contributed by atoms with Gasteiger partial charge in [-0.2, -0.15) is 0 Å². The number of aliphatic imine (C=N–C) groups is 1. The predicted octanol–water partition coefficient (Wildman–Crippen LogP) is 1.73. The lowest BCUT2D eigenvalue weighted by molar-refractivity contribution is 0.291. The molecule has 0 aromatic heterocycles. The molecule has 0 aliphatic carbocycles. The largest absolute Gasteiger partial charge is 0.387 e. The summed E-state index contributed by atoms with van der Waals surface area (Å²) in [6.07, 6.45) is 2.73.